The molecule has 1 atom stereocenters. The van der Waals surface area contributed by atoms with E-state index in [2.05, 4.69) is 33.5 Å². The number of urea groups is 1. The van der Waals surface area contributed by atoms with Crippen molar-refractivity contribution in [3.05, 3.63) is 35.2 Å². The van der Waals surface area contributed by atoms with Gasteiger partial charge in [0.15, 0.2) is 0 Å². The van der Waals surface area contributed by atoms with Crippen LogP contribution in [0.2, 0.25) is 0 Å². The summed E-state index contributed by atoms with van der Waals surface area (Å²) >= 11 is 1.67. The zero-order chi connectivity index (χ0) is 15.5. The third-order valence-corrected chi connectivity index (χ3v) is 4.66. The Morgan fingerprint density at radius 2 is 2.09 bits per heavy atom. The fourth-order valence-corrected chi connectivity index (χ4v) is 3.38. The molecule has 0 bridgehead atoms. The molecule has 3 N–H and O–H groups in total. The fourth-order valence-electron chi connectivity index (χ4n) is 2.33. The summed E-state index contributed by atoms with van der Waals surface area (Å²) < 4.78 is 1.20. The van der Waals surface area contributed by atoms with Crippen molar-refractivity contribution >= 4 is 33.4 Å². The lowest BCUT2D eigenvalue weighted by Crippen LogP contribution is -2.43. The van der Waals surface area contributed by atoms with Gasteiger partial charge in [-0.3, -0.25) is 4.79 Å². The van der Waals surface area contributed by atoms with E-state index in [-0.39, 0.29) is 24.5 Å². The molecule has 1 aliphatic carbocycles. The first-order valence-corrected chi connectivity index (χ1v) is 8.31. The van der Waals surface area contributed by atoms with Crippen LogP contribution in [0.4, 0.5) is 4.79 Å². The number of benzene rings is 1. The second kappa shape index (κ2) is 6.36. The first kappa shape index (κ1) is 14.8. The Kier molecular flexibility index (Phi) is 4.29. The van der Waals surface area contributed by atoms with Crippen molar-refractivity contribution in [2.45, 2.75) is 31.8 Å². The molecule has 0 spiro atoms. The molecule has 1 fully saturated rings. The molecule has 1 unspecified atom stereocenters. The van der Waals surface area contributed by atoms with Gasteiger partial charge in [0.2, 0.25) is 5.91 Å². The van der Waals surface area contributed by atoms with Crippen molar-refractivity contribution in [1.82, 2.24) is 16.0 Å². The molecule has 0 aliphatic heterocycles. The minimum Gasteiger partial charge on any atom is -0.352 e. The van der Waals surface area contributed by atoms with Crippen LogP contribution < -0.4 is 16.0 Å². The van der Waals surface area contributed by atoms with Crippen LogP contribution in [0.15, 0.2) is 29.6 Å². The summed E-state index contributed by atoms with van der Waals surface area (Å²) in [5, 5.41) is 11.5. The second-order valence-electron chi connectivity index (χ2n) is 5.58. The van der Waals surface area contributed by atoms with Crippen molar-refractivity contribution in [3.63, 3.8) is 0 Å². The normalized spacial score (nSPS) is 15.3. The maximum Gasteiger partial charge on any atom is 0.315 e. The summed E-state index contributed by atoms with van der Waals surface area (Å²) in [7, 11) is 0. The molecule has 1 heterocycles. The van der Waals surface area contributed by atoms with Gasteiger partial charge in [-0.1, -0.05) is 18.2 Å². The number of fused-ring (bicyclic) bond motifs is 1. The van der Waals surface area contributed by atoms with E-state index in [1.165, 1.54) is 4.70 Å². The first-order chi connectivity index (χ1) is 10.6. The first-order valence-electron chi connectivity index (χ1n) is 7.43. The zero-order valence-electron chi connectivity index (χ0n) is 12.4. The Hall–Kier alpha value is -2.08. The Bertz CT molecular complexity index is 694. The van der Waals surface area contributed by atoms with Crippen LogP contribution >= 0.6 is 11.3 Å². The van der Waals surface area contributed by atoms with Gasteiger partial charge in [0, 0.05) is 10.7 Å². The number of nitrogens with one attached hydrogen (secondary N) is 3. The zero-order valence-corrected chi connectivity index (χ0v) is 13.2. The number of hydrogen-bond acceptors (Lipinski definition) is 3. The minimum absolute atomic E-state index is 0.0133. The largest absolute Gasteiger partial charge is 0.352 e. The van der Waals surface area contributed by atoms with Gasteiger partial charge in [0.25, 0.3) is 0 Å². The molecule has 0 saturated heterocycles. The lowest BCUT2D eigenvalue weighted by atomic mass is 10.1. The molecular weight excluding hydrogens is 298 g/mol. The molecule has 1 aromatic carbocycles. The van der Waals surface area contributed by atoms with E-state index < -0.39 is 0 Å². The fraction of sp³-hybridized carbons (Fsp3) is 0.375. The lowest BCUT2D eigenvalue weighted by Gasteiger charge is -2.14. The van der Waals surface area contributed by atoms with Crippen LogP contribution in [0.25, 0.3) is 10.1 Å². The Labute approximate surface area is 133 Å². The highest BCUT2D eigenvalue weighted by Gasteiger charge is 2.23. The van der Waals surface area contributed by atoms with Gasteiger partial charge in [-0.15, -0.1) is 11.3 Å². The van der Waals surface area contributed by atoms with Crippen molar-refractivity contribution < 1.29 is 9.59 Å². The van der Waals surface area contributed by atoms with Crippen molar-refractivity contribution in [3.8, 4) is 0 Å². The smallest absolute Gasteiger partial charge is 0.315 e. The van der Waals surface area contributed by atoms with E-state index in [0.717, 1.165) is 23.8 Å². The van der Waals surface area contributed by atoms with E-state index in [4.69, 9.17) is 0 Å². The maximum atomic E-state index is 11.9. The van der Waals surface area contributed by atoms with Crippen molar-refractivity contribution in [2.24, 2.45) is 0 Å². The highest BCUT2D eigenvalue weighted by Crippen LogP contribution is 2.29. The Balaban J connectivity index is 1.53. The average Bonchev–Trinajstić information content (AvgIpc) is 3.20. The third-order valence-electron chi connectivity index (χ3n) is 3.68. The third kappa shape index (κ3) is 3.57. The summed E-state index contributed by atoms with van der Waals surface area (Å²) in [5.74, 6) is -0.133. The summed E-state index contributed by atoms with van der Waals surface area (Å²) in [5.41, 5.74) is 1.10. The highest BCUT2D eigenvalue weighted by atomic mass is 32.1. The van der Waals surface area contributed by atoms with Crippen LogP contribution in [0.1, 0.15) is 31.4 Å². The van der Waals surface area contributed by atoms with Crippen molar-refractivity contribution in [1.29, 1.82) is 0 Å². The minimum atomic E-state index is -0.325. The predicted octanol–water partition coefficient (Wildman–Crippen LogP) is 2.54. The summed E-state index contributed by atoms with van der Waals surface area (Å²) in [6, 6.07) is 8.00. The molecule has 22 heavy (non-hydrogen) atoms. The molecular formula is C16H19N3O2S. The SMILES string of the molecule is CC(NC(=O)NCC(=O)NC1CC1)c1csc2ccccc12. The van der Waals surface area contributed by atoms with E-state index >= 15 is 0 Å². The molecule has 1 saturated carbocycles. The van der Waals surface area contributed by atoms with Gasteiger partial charge in [0.05, 0.1) is 12.6 Å². The van der Waals surface area contributed by atoms with Gasteiger partial charge >= 0.3 is 6.03 Å². The van der Waals surface area contributed by atoms with Crippen molar-refractivity contribution in [2.75, 3.05) is 6.54 Å². The molecule has 116 valence electrons. The van der Waals surface area contributed by atoms with Gasteiger partial charge in [-0.25, -0.2) is 4.79 Å². The van der Waals surface area contributed by atoms with E-state index in [1.54, 1.807) is 11.3 Å². The number of hydrogen-bond donors (Lipinski definition) is 3. The summed E-state index contributed by atoms with van der Waals surface area (Å²) in [6.07, 6.45) is 2.08. The van der Waals surface area contributed by atoms with Crippen LogP contribution in [0.5, 0.6) is 0 Å². The number of thiophene rings is 1. The Morgan fingerprint density at radius 1 is 1.32 bits per heavy atom. The lowest BCUT2D eigenvalue weighted by molar-refractivity contribution is -0.120. The van der Waals surface area contributed by atoms with Crippen LogP contribution in [0.3, 0.4) is 0 Å². The average molecular weight is 317 g/mol. The van der Waals surface area contributed by atoms with Gasteiger partial charge < -0.3 is 16.0 Å². The quantitative estimate of drug-likeness (QED) is 0.793. The van der Waals surface area contributed by atoms with Crippen LogP contribution in [0, 0.1) is 0 Å². The highest BCUT2D eigenvalue weighted by molar-refractivity contribution is 7.17. The van der Waals surface area contributed by atoms with E-state index in [1.807, 2.05) is 19.1 Å². The van der Waals surface area contributed by atoms with Crippen LogP contribution in [-0.2, 0) is 4.79 Å². The molecule has 3 amide bonds. The van der Waals surface area contributed by atoms with Gasteiger partial charge in [0.1, 0.15) is 0 Å². The second-order valence-corrected chi connectivity index (χ2v) is 6.49. The molecule has 5 nitrogen and oxygen atoms in total. The number of carbonyl (C=O) groups excluding carboxylic acids is 2. The standard InChI is InChI=1S/C16H19N3O2S/c1-10(13-9-22-14-5-3-2-4-12(13)14)18-16(21)17-8-15(20)19-11-6-7-11/h2-5,9-11H,6-8H2,1H3,(H,19,20)(H2,17,18,21). The van der Waals surface area contributed by atoms with Gasteiger partial charge in [-0.05, 0) is 42.2 Å². The van der Waals surface area contributed by atoms with Gasteiger partial charge in [-0.2, -0.15) is 0 Å². The number of rotatable bonds is 5. The van der Waals surface area contributed by atoms with Crippen LogP contribution in [-0.4, -0.2) is 24.5 Å². The topological polar surface area (TPSA) is 70.2 Å². The molecule has 3 rings (SSSR count). The molecule has 1 aromatic heterocycles. The summed E-state index contributed by atoms with van der Waals surface area (Å²) in [4.78, 5) is 23.4. The molecule has 6 heteroatoms. The predicted molar refractivity (Wildman–Crippen MR) is 87.9 cm³/mol. The van der Waals surface area contributed by atoms with E-state index in [9.17, 15) is 9.59 Å². The molecule has 0 radical (unpaired) electrons. The Morgan fingerprint density at radius 3 is 2.86 bits per heavy atom. The summed E-state index contributed by atoms with van der Waals surface area (Å²) in [6.45, 7) is 1.96. The maximum absolute atomic E-state index is 11.9. The number of carbonyl (C=O) groups is 2. The van der Waals surface area contributed by atoms with E-state index in [0.29, 0.717) is 6.04 Å². The number of amides is 3. The molecule has 2 aromatic rings. The molecule has 1 aliphatic rings. The monoisotopic (exact) mass is 317 g/mol.